The number of guanidine groups is 1. The first kappa shape index (κ1) is 21.4. The summed E-state index contributed by atoms with van der Waals surface area (Å²) in [5.74, 6) is 3.06. The Morgan fingerprint density at radius 2 is 1.61 bits per heavy atom. The number of rotatable bonds is 9. The van der Waals surface area contributed by atoms with Gasteiger partial charge in [0.05, 0.1) is 26.9 Å². The van der Waals surface area contributed by atoms with Crippen molar-refractivity contribution < 1.29 is 14.2 Å². The molecule has 0 saturated carbocycles. The zero-order valence-corrected chi connectivity index (χ0v) is 17.4. The molecule has 0 aliphatic heterocycles. The minimum atomic E-state index is 0.174. The standard InChI is InChI=1S/C22H31N3O3/c1-6-23-22(24-14-17-7-10-19(11-8-17)28-16(2)3)25-15-18-9-12-20(26-4)21(13-18)27-5/h7-13,16H,6,14-15H2,1-5H3,(H2,23,24,25). The van der Waals surface area contributed by atoms with Crippen molar-refractivity contribution in [1.29, 1.82) is 0 Å². The van der Waals surface area contributed by atoms with Gasteiger partial charge < -0.3 is 24.8 Å². The van der Waals surface area contributed by atoms with Gasteiger partial charge in [0.15, 0.2) is 17.5 Å². The summed E-state index contributed by atoms with van der Waals surface area (Å²) in [6, 6.07) is 13.9. The van der Waals surface area contributed by atoms with Crippen molar-refractivity contribution >= 4 is 5.96 Å². The van der Waals surface area contributed by atoms with E-state index < -0.39 is 0 Å². The number of hydrogen-bond donors (Lipinski definition) is 2. The van der Waals surface area contributed by atoms with Gasteiger partial charge in [0.2, 0.25) is 0 Å². The molecule has 2 rings (SSSR count). The lowest BCUT2D eigenvalue weighted by Crippen LogP contribution is -2.36. The van der Waals surface area contributed by atoms with Gasteiger partial charge in [0.1, 0.15) is 5.75 Å². The van der Waals surface area contributed by atoms with Crippen molar-refractivity contribution in [1.82, 2.24) is 10.6 Å². The Labute approximate surface area is 167 Å². The summed E-state index contributed by atoms with van der Waals surface area (Å²) in [5.41, 5.74) is 2.21. The Kier molecular flexibility index (Phi) is 8.46. The molecule has 0 aromatic heterocycles. The van der Waals surface area contributed by atoms with Crippen LogP contribution in [0.2, 0.25) is 0 Å². The molecule has 0 aliphatic rings. The molecule has 6 nitrogen and oxygen atoms in total. The topological polar surface area (TPSA) is 64.1 Å². The molecule has 0 unspecified atom stereocenters. The second-order valence-electron chi connectivity index (χ2n) is 6.55. The summed E-state index contributed by atoms with van der Waals surface area (Å²) in [6.07, 6.45) is 0.174. The van der Waals surface area contributed by atoms with E-state index in [9.17, 15) is 0 Å². The van der Waals surface area contributed by atoms with Crippen molar-refractivity contribution in [2.45, 2.75) is 40.0 Å². The molecule has 2 N–H and O–H groups in total. The van der Waals surface area contributed by atoms with Crippen LogP contribution in [-0.4, -0.2) is 32.8 Å². The number of nitrogens with zero attached hydrogens (tertiary/aromatic N) is 1. The van der Waals surface area contributed by atoms with E-state index >= 15 is 0 Å². The third kappa shape index (κ3) is 6.68. The number of nitrogens with one attached hydrogen (secondary N) is 2. The molecule has 2 aromatic rings. The fraction of sp³-hybridized carbons (Fsp3) is 0.409. The van der Waals surface area contributed by atoms with Gasteiger partial charge in [-0.2, -0.15) is 0 Å². The average molecular weight is 386 g/mol. The van der Waals surface area contributed by atoms with E-state index in [1.807, 2.05) is 51.1 Å². The van der Waals surface area contributed by atoms with Crippen LogP contribution in [0.5, 0.6) is 17.2 Å². The highest BCUT2D eigenvalue weighted by molar-refractivity contribution is 5.79. The summed E-state index contributed by atoms with van der Waals surface area (Å²) in [4.78, 5) is 4.66. The monoisotopic (exact) mass is 385 g/mol. The van der Waals surface area contributed by atoms with Gasteiger partial charge in [-0.1, -0.05) is 18.2 Å². The second kappa shape index (κ2) is 11.1. The molecular weight excluding hydrogens is 354 g/mol. The summed E-state index contributed by atoms with van der Waals surface area (Å²) < 4.78 is 16.3. The maximum atomic E-state index is 5.68. The Hall–Kier alpha value is -2.89. The molecule has 6 heteroatoms. The average Bonchev–Trinajstić information content (AvgIpc) is 2.70. The van der Waals surface area contributed by atoms with E-state index in [1.54, 1.807) is 14.2 Å². The van der Waals surface area contributed by atoms with Crippen LogP contribution in [0.25, 0.3) is 0 Å². The van der Waals surface area contributed by atoms with Crippen LogP contribution in [0.3, 0.4) is 0 Å². The molecule has 152 valence electrons. The Morgan fingerprint density at radius 3 is 2.21 bits per heavy atom. The van der Waals surface area contributed by atoms with Crippen LogP contribution in [-0.2, 0) is 13.1 Å². The Morgan fingerprint density at radius 1 is 0.929 bits per heavy atom. The summed E-state index contributed by atoms with van der Waals surface area (Å²) >= 11 is 0. The molecule has 0 bridgehead atoms. The van der Waals surface area contributed by atoms with Crippen LogP contribution < -0.4 is 24.8 Å². The molecule has 0 radical (unpaired) electrons. The fourth-order valence-corrected chi connectivity index (χ4v) is 2.63. The number of benzene rings is 2. The van der Waals surface area contributed by atoms with Crippen LogP contribution >= 0.6 is 0 Å². The highest BCUT2D eigenvalue weighted by Crippen LogP contribution is 2.27. The van der Waals surface area contributed by atoms with E-state index in [1.165, 1.54) is 0 Å². The van der Waals surface area contributed by atoms with Gasteiger partial charge in [0, 0.05) is 13.1 Å². The van der Waals surface area contributed by atoms with E-state index in [-0.39, 0.29) is 6.10 Å². The van der Waals surface area contributed by atoms with E-state index in [4.69, 9.17) is 14.2 Å². The molecule has 0 atom stereocenters. The number of ether oxygens (including phenoxy) is 3. The molecule has 2 aromatic carbocycles. The summed E-state index contributed by atoms with van der Waals surface area (Å²) in [6.45, 7) is 8.10. The van der Waals surface area contributed by atoms with Crippen molar-refractivity contribution in [3.8, 4) is 17.2 Å². The first-order chi connectivity index (χ1) is 13.5. The SMILES string of the molecule is CCNC(=NCc1ccc(OC)c(OC)c1)NCc1ccc(OC(C)C)cc1. The molecule has 0 heterocycles. The molecule has 0 amide bonds. The lowest BCUT2D eigenvalue weighted by molar-refractivity contribution is 0.242. The van der Waals surface area contributed by atoms with Crippen LogP contribution in [0, 0.1) is 0 Å². The molecule has 0 spiro atoms. The Bertz CT molecular complexity index is 758. The Balaban J connectivity index is 1.98. The van der Waals surface area contributed by atoms with Crippen LogP contribution in [0.15, 0.2) is 47.5 Å². The van der Waals surface area contributed by atoms with E-state index in [0.717, 1.165) is 29.4 Å². The zero-order valence-electron chi connectivity index (χ0n) is 17.4. The fourth-order valence-electron chi connectivity index (χ4n) is 2.63. The van der Waals surface area contributed by atoms with Gasteiger partial charge >= 0.3 is 0 Å². The largest absolute Gasteiger partial charge is 0.493 e. The number of hydrogen-bond acceptors (Lipinski definition) is 4. The molecular formula is C22H31N3O3. The van der Waals surface area contributed by atoms with Crippen molar-refractivity contribution in [2.75, 3.05) is 20.8 Å². The quantitative estimate of drug-likeness (QED) is 0.508. The zero-order chi connectivity index (χ0) is 20.4. The van der Waals surface area contributed by atoms with Gasteiger partial charge in [0.25, 0.3) is 0 Å². The molecule has 28 heavy (non-hydrogen) atoms. The number of methoxy groups -OCH3 is 2. The first-order valence-electron chi connectivity index (χ1n) is 9.54. The predicted molar refractivity (Wildman–Crippen MR) is 113 cm³/mol. The normalized spacial score (nSPS) is 11.3. The lowest BCUT2D eigenvalue weighted by Gasteiger charge is -2.13. The highest BCUT2D eigenvalue weighted by Gasteiger charge is 2.05. The van der Waals surface area contributed by atoms with Crippen molar-refractivity contribution in [2.24, 2.45) is 4.99 Å². The highest BCUT2D eigenvalue weighted by atomic mass is 16.5. The van der Waals surface area contributed by atoms with Gasteiger partial charge in [-0.25, -0.2) is 4.99 Å². The third-order valence-electron chi connectivity index (χ3n) is 3.97. The third-order valence-corrected chi connectivity index (χ3v) is 3.97. The second-order valence-corrected chi connectivity index (χ2v) is 6.55. The predicted octanol–water partition coefficient (Wildman–Crippen LogP) is 3.75. The summed E-state index contributed by atoms with van der Waals surface area (Å²) in [7, 11) is 3.26. The summed E-state index contributed by atoms with van der Waals surface area (Å²) in [5, 5.41) is 6.63. The van der Waals surface area contributed by atoms with Crippen molar-refractivity contribution in [3.05, 3.63) is 53.6 Å². The van der Waals surface area contributed by atoms with Crippen LogP contribution in [0.1, 0.15) is 31.9 Å². The van der Waals surface area contributed by atoms with Gasteiger partial charge in [-0.05, 0) is 56.2 Å². The number of aliphatic imine (C=N–C) groups is 1. The first-order valence-corrected chi connectivity index (χ1v) is 9.54. The van der Waals surface area contributed by atoms with Crippen LogP contribution in [0.4, 0.5) is 0 Å². The minimum absolute atomic E-state index is 0.174. The van der Waals surface area contributed by atoms with Gasteiger partial charge in [-0.15, -0.1) is 0 Å². The maximum absolute atomic E-state index is 5.68. The van der Waals surface area contributed by atoms with E-state index in [0.29, 0.717) is 24.6 Å². The molecule has 0 aliphatic carbocycles. The minimum Gasteiger partial charge on any atom is -0.493 e. The maximum Gasteiger partial charge on any atom is 0.191 e. The molecule has 0 saturated heterocycles. The smallest absolute Gasteiger partial charge is 0.191 e. The van der Waals surface area contributed by atoms with Crippen molar-refractivity contribution in [3.63, 3.8) is 0 Å². The lowest BCUT2D eigenvalue weighted by atomic mass is 10.2. The van der Waals surface area contributed by atoms with Gasteiger partial charge in [-0.3, -0.25) is 0 Å². The van der Waals surface area contributed by atoms with E-state index in [2.05, 4.69) is 27.8 Å². The molecule has 0 fully saturated rings.